The van der Waals surface area contributed by atoms with E-state index in [4.69, 9.17) is 5.26 Å². The van der Waals surface area contributed by atoms with Gasteiger partial charge in [0.25, 0.3) is 0 Å². The third-order valence-electron chi connectivity index (χ3n) is 2.47. The number of nitriles is 1. The van der Waals surface area contributed by atoms with Gasteiger partial charge in [-0.15, -0.1) is 0 Å². The molecule has 1 aromatic carbocycles. The molecule has 0 aliphatic heterocycles. The Hall–Kier alpha value is -2.01. The summed E-state index contributed by atoms with van der Waals surface area (Å²) in [5.74, 6) is -0.763. The minimum absolute atomic E-state index is 0.156. The molecular formula is C13H14F4N2O2. The molecule has 1 N–H and O–H groups in total. The van der Waals surface area contributed by atoms with Crippen LogP contribution in [0.15, 0.2) is 18.2 Å². The largest absolute Gasteiger partial charge is 0.435 e. The van der Waals surface area contributed by atoms with Gasteiger partial charge in [-0.1, -0.05) is 6.07 Å². The van der Waals surface area contributed by atoms with E-state index in [2.05, 4.69) is 14.8 Å². The van der Waals surface area contributed by atoms with Crippen LogP contribution in [0, 0.1) is 17.2 Å². The predicted molar refractivity (Wildman–Crippen MR) is 66.2 cm³/mol. The molecule has 0 heterocycles. The van der Waals surface area contributed by atoms with Crippen molar-refractivity contribution in [1.29, 1.82) is 5.26 Å². The van der Waals surface area contributed by atoms with Crippen LogP contribution in [0.3, 0.4) is 0 Å². The fourth-order valence-electron chi connectivity index (χ4n) is 1.53. The first-order valence-electron chi connectivity index (χ1n) is 6.05. The van der Waals surface area contributed by atoms with Gasteiger partial charge in [0.05, 0.1) is 12.0 Å². The summed E-state index contributed by atoms with van der Waals surface area (Å²) >= 11 is 0. The quantitative estimate of drug-likeness (QED) is 0.750. The summed E-state index contributed by atoms with van der Waals surface area (Å²) in [4.78, 5) is 0. The molecular weight excluding hydrogens is 292 g/mol. The van der Waals surface area contributed by atoms with Crippen LogP contribution in [0.2, 0.25) is 0 Å². The number of hydrogen-bond donors (Lipinski definition) is 1. The van der Waals surface area contributed by atoms with Crippen molar-refractivity contribution in [1.82, 2.24) is 5.32 Å². The van der Waals surface area contributed by atoms with Crippen molar-refractivity contribution in [2.75, 3.05) is 6.54 Å². The Balaban J connectivity index is 2.78. The fraction of sp³-hybridized carbons (Fsp3) is 0.462. The average Bonchev–Trinajstić information content (AvgIpc) is 2.39. The predicted octanol–water partition coefficient (Wildman–Crippen LogP) is 3.14. The molecule has 1 unspecified atom stereocenters. The van der Waals surface area contributed by atoms with E-state index in [1.54, 1.807) is 6.92 Å². The molecule has 0 saturated heterocycles. The van der Waals surface area contributed by atoms with E-state index in [-0.39, 0.29) is 24.0 Å². The van der Waals surface area contributed by atoms with E-state index < -0.39 is 13.2 Å². The van der Waals surface area contributed by atoms with Crippen LogP contribution >= 0.6 is 0 Å². The number of nitrogens with one attached hydrogen (secondary N) is 1. The maximum absolute atomic E-state index is 12.3. The molecule has 1 atom stereocenters. The van der Waals surface area contributed by atoms with Gasteiger partial charge >= 0.3 is 13.2 Å². The highest BCUT2D eigenvalue weighted by Gasteiger charge is 2.13. The van der Waals surface area contributed by atoms with Gasteiger partial charge in [-0.25, -0.2) is 0 Å². The Morgan fingerprint density at radius 1 is 1.19 bits per heavy atom. The zero-order chi connectivity index (χ0) is 15.8. The monoisotopic (exact) mass is 306 g/mol. The fourth-order valence-corrected chi connectivity index (χ4v) is 1.53. The molecule has 0 radical (unpaired) electrons. The van der Waals surface area contributed by atoms with Crippen molar-refractivity contribution in [3.63, 3.8) is 0 Å². The van der Waals surface area contributed by atoms with Gasteiger partial charge in [0.1, 0.15) is 11.5 Å². The summed E-state index contributed by atoms with van der Waals surface area (Å²) in [6.45, 7) is -3.92. The van der Waals surface area contributed by atoms with Crippen LogP contribution < -0.4 is 14.8 Å². The molecule has 0 aliphatic rings. The Morgan fingerprint density at radius 3 is 2.43 bits per heavy atom. The second-order valence-electron chi connectivity index (χ2n) is 4.19. The Kier molecular flexibility index (Phi) is 6.75. The van der Waals surface area contributed by atoms with Gasteiger partial charge < -0.3 is 14.8 Å². The van der Waals surface area contributed by atoms with E-state index in [0.717, 1.165) is 6.07 Å². The molecule has 0 bridgehead atoms. The highest BCUT2D eigenvalue weighted by molar-refractivity contribution is 5.40. The molecule has 0 aromatic heterocycles. The van der Waals surface area contributed by atoms with Crippen molar-refractivity contribution in [3.8, 4) is 17.6 Å². The van der Waals surface area contributed by atoms with Crippen molar-refractivity contribution >= 4 is 0 Å². The minimum atomic E-state index is -3.08. The summed E-state index contributed by atoms with van der Waals surface area (Å²) in [6, 6.07) is 5.56. The summed E-state index contributed by atoms with van der Waals surface area (Å²) < 4.78 is 57.3. The van der Waals surface area contributed by atoms with Crippen molar-refractivity contribution in [2.24, 2.45) is 5.92 Å². The highest BCUT2D eigenvalue weighted by atomic mass is 19.3. The van der Waals surface area contributed by atoms with E-state index in [1.165, 1.54) is 12.1 Å². The smallest absolute Gasteiger partial charge is 0.387 e. The number of hydrogen-bond acceptors (Lipinski definition) is 4. The van der Waals surface area contributed by atoms with E-state index >= 15 is 0 Å². The first-order valence-corrected chi connectivity index (χ1v) is 6.05. The Labute approximate surface area is 119 Å². The molecule has 0 saturated carbocycles. The number of benzene rings is 1. The molecule has 8 heteroatoms. The standard InChI is InChI=1S/C13H14F4N2O2/c1-8(5-18)6-19-7-9-2-3-10(20-12(14)15)4-11(9)21-13(16)17/h2-4,8,12-13,19H,6-7H2,1H3. The molecule has 0 amide bonds. The zero-order valence-electron chi connectivity index (χ0n) is 11.2. The first kappa shape index (κ1) is 17.0. The summed E-state index contributed by atoms with van der Waals surface area (Å²) in [6.07, 6.45) is 0. The molecule has 21 heavy (non-hydrogen) atoms. The van der Waals surface area contributed by atoms with Gasteiger partial charge in [-0.3, -0.25) is 0 Å². The maximum atomic E-state index is 12.3. The number of ether oxygens (including phenoxy) is 2. The van der Waals surface area contributed by atoms with Crippen LogP contribution in [0.25, 0.3) is 0 Å². The molecule has 116 valence electrons. The van der Waals surface area contributed by atoms with Crippen LogP contribution in [0.5, 0.6) is 11.5 Å². The van der Waals surface area contributed by atoms with Crippen LogP contribution in [0.4, 0.5) is 17.6 Å². The first-order chi connectivity index (χ1) is 9.92. The number of halogens is 4. The zero-order valence-corrected chi connectivity index (χ0v) is 11.2. The van der Waals surface area contributed by atoms with Gasteiger partial charge in [-0.05, 0) is 13.0 Å². The van der Waals surface area contributed by atoms with Gasteiger partial charge in [0.2, 0.25) is 0 Å². The number of rotatable bonds is 8. The topological polar surface area (TPSA) is 54.3 Å². The molecule has 4 nitrogen and oxygen atoms in total. The summed E-state index contributed by atoms with van der Waals surface area (Å²) in [7, 11) is 0. The SMILES string of the molecule is CC(C#N)CNCc1ccc(OC(F)F)cc1OC(F)F. The number of alkyl halides is 4. The third-order valence-corrected chi connectivity index (χ3v) is 2.47. The second-order valence-corrected chi connectivity index (χ2v) is 4.19. The molecule has 1 aromatic rings. The van der Waals surface area contributed by atoms with Crippen molar-refractivity contribution in [2.45, 2.75) is 26.7 Å². The van der Waals surface area contributed by atoms with Crippen LogP contribution in [-0.4, -0.2) is 19.8 Å². The highest BCUT2D eigenvalue weighted by Crippen LogP contribution is 2.27. The molecule has 0 aliphatic carbocycles. The lowest BCUT2D eigenvalue weighted by molar-refractivity contribution is -0.0546. The summed E-state index contributed by atoms with van der Waals surface area (Å²) in [5.41, 5.74) is 0.349. The van der Waals surface area contributed by atoms with Crippen molar-refractivity contribution in [3.05, 3.63) is 23.8 Å². The van der Waals surface area contributed by atoms with E-state index in [0.29, 0.717) is 12.1 Å². The van der Waals surface area contributed by atoms with Gasteiger partial charge in [0.15, 0.2) is 0 Å². The van der Waals surface area contributed by atoms with Gasteiger partial charge in [0, 0.05) is 24.7 Å². The lowest BCUT2D eigenvalue weighted by Gasteiger charge is -2.14. The number of nitrogens with zero attached hydrogens (tertiary/aromatic N) is 1. The van der Waals surface area contributed by atoms with E-state index in [1.807, 2.05) is 6.07 Å². The Morgan fingerprint density at radius 2 is 1.86 bits per heavy atom. The lowest BCUT2D eigenvalue weighted by Crippen LogP contribution is -2.20. The third kappa shape index (κ3) is 6.31. The Bertz CT molecular complexity index is 492. The average molecular weight is 306 g/mol. The minimum Gasteiger partial charge on any atom is -0.435 e. The van der Waals surface area contributed by atoms with E-state index in [9.17, 15) is 17.6 Å². The van der Waals surface area contributed by atoms with Crippen molar-refractivity contribution < 1.29 is 27.0 Å². The lowest BCUT2D eigenvalue weighted by atomic mass is 10.1. The van der Waals surface area contributed by atoms with Crippen LogP contribution in [-0.2, 0) is 6.54 Å². The molecule has 0 fully saturated rings. The molecule has 1 rings (SSSR count). The second kappa shape index (κ2) is 8.32. The summed E-state index contributed by atoms with van der Waals surface area (Å²) in [5, 5.41) is 11.5. The normalized spacial score (nSPS) is 12.3. The molecule has 0 spiro atoms. The van der Waals surface area contributed by atoms with Gasteiger partial charge in [-0.2, -0.15) is 22.8 Å². The maximum Gasteiger partial charge on any atom is 0.387 e. The van der Waals surface area contributed by atoms with Crippen LogP contribution in [0.1, 0.15) is 12.5 Å².